The van der Waals surface area contributed by atoms with E-state index in [9.17, 15) is 4.79 Å². The molecule has 0 aromatic carbocycles. The van der Waals surface area contributed by atoms with Gasteiger partial charge in [-0.2, -0.15) is 0 Å². The van der Waals surface area contributed by atoms with Crippen LogP contribution in [0.25, 0.3) is 0 Å². The minimum absolute atomic E-state index is 0.261. The number of aromatic nitrogens is 3. The van der Waals surface area contributed by atoms with Crippen molar-refractivity contribution < 1.29 is 4.79 Å². The Labute approximate surface area is 160 Å². The highest BCUT2D eigenvalue weighted by Crippen LogP contribution is 2.27. The number of nitrogens with zero attached hydrogens (tertiary/aromatic N) is 5. The molecule has 1 saturated carbocycles. The summed E-state index contributed by atoms with van der Waals surface area (Å²) < 4.78 is 2.19. The Morgan fingerprint density at radius 1 is 1.19 bits per heavy atom. The number of guanidine groups is 1. The smallest absolute Gasteiger partial charge is 0.225 e. The Bertz CT molecular complexity index is 692. The first-order valence-corrected chi connectivity index (χ1v) is 10.5. The van der Waals surface area contributed by atoms with Crippen LogP contribution in [0.3, 0.4) is 0 Å². The maximum absolute atomic E-state index is 12.6. The summed E-state index contributed by atoms with van der Waals surface area (Å²) in [5.74, 6) is 3.44. The third-order valence-electron chi connectivity index (χ3n) is 5.95. The van der Waals surface area contributed by atoms with Crippen molar-refractivity contribution in [3.8, 4) is 0 Å². The van der Waals surface area contributed by atoms with Gasteiger partial charge < -0.3 is 20.1 Å². The van der Waals surface area contributed by atoms with Crippen LogP contribution in [-0.4, -0.2) is 57.2 Å². The second kappa shape index (κ2) is 8.27. The fourth-order valence-electron chi connectivity index (χ4n) is 4.50. The number of carbonyl (C=O) groups excluding carboxylic acids is 1. The number of hydrogen-bond donors (Lipinski definition) is 2. The predicted octanol–water partition coefficient (Wildman–Crippen LogP) is 1.07. The molecule has 148 valence electrons. The number of likely N-dealkylation sites (tertiary alicyclic amines) is 1. The molecular formula is C19H31N7O. The molecule has 1 unspecified atom stereocenters. The lowest BCUT2D eigenvalue weighted by molar-refractivity contribution is -0.134. The Morgan fingerprint density at radius 2 is 2.04 bits per heavy atom. The van der Waals surface area contributed by atoms with Crippen LogP contribution in [0, 0.1) is 5.92 Å². The van der Waals surface area contributed by atoms with Gasteiger partial charge in [-0.15, -0.1) is 10.2 Å². The van der Waals surface area contributed by atoms with Gasteiger partial charge in [-0.1, -0.05) is 12.8 Å². The molecule has 3 aliphatic rings. The molecule has 1 amide bonds. The van der Waals surface area contributed by atoms with E-state index in [1.54, 1.807) is 0 Å². The average Bonchev–Trinajstić information content (AvgIpc) is 3.44. The molecule has 0 radical (unpaired) electrons. The van der Waals surface area contributed by atoms with Crippen LogP contribution >= 0.6 is 0 Å². The van der Waals surface area contributed by atoms with E-state index in [0.717, 1.165) is 75.9 Å². The molecule has 4 rings (SSSR count). The molecule has 3 heterocycles. The lowest BCUT2D eigenvalue weighted by atomic mass is 10.1. The molecule has 27 heavy (non-hydrogen) atoms. The minimum atomic E-state index is 0.261. The van der Waals surface area contributed by atoms with Gasteiger partial charge in [0.2, 0.25) is 5.91 Å². The molecule has 2 fully saturated rings. The highest BCUT2D eigenvalue weighted by Gasteiger charge is 2.32. The van der Waals surface area contributed by atoms with Gasteiger partial charge in [0, 0.05) is 44.6 Å². The maximum Gasteiger partial charge on any atom is 0.225 e. The van der Waals surface area contributed by atoms with Crippen LogP contribution in [0.5, 0.6) is 0 Å². The van der Waals surface area contributed by atoms with Gasteiger partial charge in [-0.05, 0) is 32.6 Å². The van der Waals surface area contributed by atoms with Crippen LogP contribution in [0.4, 0.5) is 0 Å². The van der Waals surface area contributed by atoms with Crippen molar-refractivity contribution >= 4 is 11.9 Å². The standard InChI is InChI=1S/C19H31N7O/c1-2-20-19(21-12-17-24-23-16-8-5-10-26(16)17)22-15-9-11-25(13-15)18(27)14-6-3-4-7-14/h14-15H,2-13H2,1H3,(H2,20,21,22). The molecule has 0 bridgehead atoms. The van der Waals surface area contributed by atoms with Gasteiger partial charge in [0.15, 0.2) is 11.8 Å². The fourth-order valence-corrected chi connectivity index (χ4v) is 4.50. The molecule has 2 N–H and O–H groups in total. The zero-order valence-electron chi connectivity index (χ0n) is 16.3. The van der Waals surface area contributed by atoms with Crippen LogP contribution in [0.2, 0.25) is 0 Å². The van der Waals surface area contributed by atoms with Gasteiger partial charge in [0.05, 0.1) is 0 Å². The van der Waals surface area contributed by atoms with Crippen LogP contribution in [0.1, 0.15) is 57.1 Å². The van der Waals surface area contributed by atoms with E-state index < -0.39 is 0 Å². The lowest BCUT2D eigenvalue weighted by Gasteiger charge is -2.21. The number of aliphatic imine (C=N–C) groups is 1. The monoisotopic (exact) mass is 373 g/mol. The largest absolute Gasteiger partial charge is 0.357 e. The lowest BCUT2D eigenvalue weighted by Crippen LogP contribution is -2.45. The van der Waals surface area contributed by atoms with Gasteiger partial charge >= 0.3 is 0 Å². The highest BCUT2D eigenvalue weighted by atomic mass is 16.2. The van der Waals surface area contributed by atoms with E-state index in [-0.39, 0.29) is 12.0 Å². The summed E-state index contributed by atoms with van der Waals surface area (Å²) in [7, 11) is 0. The van der Waals surface area contributed by atoms with Gasteiger partial charge in [0.1, 0.15) is 12.4 Å². The second-order valence-electron chi connectivity index (χ2n) is 7.88. The van der Waals surface area contributed by atoms with Crippen LogP contribution in [0.15, 0.2) is 4.99 Å². The maximum atomic E-state index is 12.6. The topological polar surface area (TPSA) is 87.4 Å². The minimum Gasteiger partial charge on any atom is -0.357 e. The second-order valence-corrected chi connectivity index (χ2v) is 7.88. The Hall–Kier alpha value is -2.12. The van der Waals surface area contributed by atoms with E-state index in [2.05, 4.69) is 32.3 Å². The fraction of sp³-hybridized carbons (Fsp3) is 0.789. The van der Waals surface area contributed by atoms with Gasteiger partial charge in [0.25, 0.3) is 0 Å². The van der Waals surface area contributed by atoms with Gasteiger partial charge in [-0.25, -0.2) is 4.99 Å². The zero-order chi connectivity index (χ0) is 18.6. The number of fused-ring (bicyclic) bond motifs is 1. The quantitative estimate of drug-likeness (QED) is 0.595. The summed E-state index contributed by atoms with van der Waals surface area (Å²) in [6.07, 6.45) is 7.68. The number of amides is 1. The summed E-state index contributed by atoms with van der Waals surface area (Å²) in [5.41, 5.74) is 0. The predicted molar refractivity (Wildman–Crippen MR) is 103 cm³/mol. The van der Waals surface area contributed by atoms with Crippen molar-refractivity contribution in [2.24, 2.45) is 10.9 Å². The van der Waals surface area contributed by atoms with E-state index in [1.807, 2.05) is 4.90 Å². The summed E-state index contributed by atoms with van der Waals surface area (Å²) in [4.78, 5) is 19.4. The summed E-state index contributed by atoms with van der Waals surface area (Å²) >= 11 is 0. The van der Waals surface area contributed by atoms with E-state index in [0.29, 0.717) is 12.5 Å². The molecule has 1 atom stereocenters. The van der Waals surface area contributed by atoms with Crippen LogP contribution < -0.4 is 10.6 Å². The van der Waals surface area contributed by atoms with Crippen molar-refractivity contribution in [2.45, 2.75) is 71.0 Å². The molecular weight excluding hydrogens is 342 g/mol. The number of rotatable bonds is 5. The first kappa shape index (κ1) is 18.3. The highest BCUT2D eigenvalue weighted by molar-refractivity contribution is 5.81. The molecule has 8 nitrogen and oxygen atoms in total. The molecule has 1 aromatic rings. The van der Waals surface area contributed by atoms with Crippen molar-refractivity contribution in [3.63, 3.8) is 0 Å². The van der Waals surface area contributed by atoms with E-state index in [1.165, 1.54) is 12.8 Å². The van der Waals surface area contributed by atoms with Crippen LogP contribution in [-0.2, 0) is 24.3 Å². The number of carbonyl (C=O) groups is 1. The zero-order valence-corrected chi connectivity index (χ0v) is 16.3. The van der Waals surface area contributed by atoms with E-state index >= 15 is 0 Å². The third kappa shape index (κ3) is 4.09. The van der Waals surface area contributed by atoms with Gasteiger partial charge in [-0.3, -0.25) is 4.79 Å². The summed E-state index contributed by atoms with van der Waals surface area (Å²) in [6, 6.07) is 0.261. The first-order chi connectivity index (χ1) is 13.2. The molecule has 1 aliphatic carbocycles. The van der Waals surface area contributed by atoms with Crippen molar-refractivity contribution in [1.82, 2.24) is 30.3 Å². The first-order valence-electron chi connectivity index (χ1n) is 10.5. The number of aryl methyl sites for hydroxylation is 1. The summed E-state index contributed by atoms with van der Waals surface area (Å²) in [5, 5.41) is 15.4. The molecule has 1 saturated heterocycles. The Kier molecular flexibility index (Phi) is 5.59. The SMILES string of the molecule is CCNC(=NCc1nnc2n1CCC2)NC1CCN(C(=O)C2CCCC2)C1. The molecule has 8 heteroatoms. The number of hydrogen-bond acceptors (Lipinski definition) is 4. The molecule has 1 aromatic heterocycles. The molecule has 0 spiro atoms. The Morgan fingerprint density at radius 3 is 2.85 bits per heavy atom. The Balaban J connectivity index is 1.33. The van der Waals surface area contributed by atoms with Crippen molar-refractivity contribution in [2.75, 3.05) is 19.6 Å². The number of nitrogens with one attached hydrogen (secondary N) is 2. The van der Waals surface area contributed by atoms with Crippen molar-refractivity contribution in [3.05, 3.63) is 11.6 Å². The van der Waals surface area contributed by atoms with E-state index in [4.69, 9.17) is 4.99 Å². The normalized spacial score (nSPS) is 23.1. The molecule has 2 aliphatic heterocycles. The third-order valence-corrected chi connectivity index (χ3v) is 5.95. The van der Waals surface area contributed by atoms with Crippen molar-refractivity contribution in [1.29, 1.82) is 0 Å². The average molecular weight is 374 g/mol. The summed E-state index contributed by atoms with van der Waals surface area (Å²) in [6.45, 7) is 6.03.